The molecule has 1 heterocycles. The Balaban J connectivity index is 2.97. The molecule has 5 nitrogen and oxygen atoms in total. The zero-order valence-corrected chi connectivity index (χ0v) is 10.0. The number of carbonyl (C=O) groups excluding carboxylic acids is 1. The van der Waals surface area contributed by atoms with Crippen LogP contribution in [0.3, 0.4) is 0 Å². The standard InChI is InChI=1S/C12H13FN2O3/c1-3-8-5-7(13)6-10(14-8)11(16)15-9(4-2)12(17)18/h4-6H,3H2,1-2H3,(H,15,16)(H,17,18)/b9-4+. The second-order valence-electron chi connectivity index (χ2n) is 3.48. The number of hydrogen-bond donors (Lipinski definition) is 2. The van der Waals surface area contributed by atoms with E-state index in [1.165, 1.54) is 19.1 Å². The molecule has 18 heavy (non-hydrogen) atoms. The number of nitrogens with zero attached hydrogens (tertiary/aromatic N) is 1. The number of carbonyl (C=O) groups is 2. The minimum Gasteiger partial charge on any atom is -0.477 e. The van der Waals surface area contributed by atoms with Crippen LogP contribution >= 0.6 is 0 Å². The van der Waals surface area contributed by atoms with Gasteiger partial charge in [-0.05, 0) is 19.4 Å². The first-order valence-electron chi connectivity index (χ1n) is 5.35. The monoisotopic (exact) mass is 252 g/mol. The van der Waals surface area contributed by atoms with Crippen LogP contribution in [0.25, 0.3) is 0 Å². The van der Waals surface area contributed by atoms with Gasteiger partial charge in [-0.15, -0.1) is 0 Å². The van der Waals surface area contributed by atoms with E-state index >= 15 is 0 Å². The number of amides is 1. The number of halogens is 1. The highest BCUT2D eigenvalue weighted by Gasteiger charge is 2.14. The predicted octanol–water partition coefficient (Wildman–Crippen LogP) is 1.50. The lowest BCUT2D eigenvalue weighted by Gasteiger charge is -2.06. The molecule has 0 aliphatic carbocycles. The number of hydrogen-bond acceptors (Lipinski definition) is 3. The molecule has 2 N–H and O–H groups in total. The summed E-state index contributed by atoms with van der Waals surface area (Å²) in [5.41, 5.74) is 0.00839. The molecule has 0 bridgehead atoms. The maximum Gasteiger partial charge on any atom is 0.352 e. The zero-order chi connectivity index (χ0) is 13.7. The molecule has 0 saturated carbocycles. The van der Waals surface area contributed by atoms with Gasteiger partial charge in [-0.3, -0.25) is 4.79 Å². The van der Waals surface area contributed by atoms with Crippen LogP contribution in [0.4, 0.5) is 4.39 Å². The molecule has 0 spiro atoms. The Kier molecular flexibility index (Phi) is 4.53. The van der Waals surface area contributed by atoms with E-state index in [2.05, 4.69) is 10.3 Å². The van der Waals surface area contributed by atoms with Crippen LogP contribution in [0.15, 0.2) is 23.9 Å². The quantitative estimate of drug-likeness (QED) is 0.796. The molecule has 6 heteroatoms. The highest BCUT2D eigenvalue weighted by Crippen LogP contribution is 2.06. The van der Waals surface area contributed by atoms with E-state index in [0.717, 1.165) is 6.07 Å². The maximum absolute atomic E-state index is 13.2. The zero-order valence-electron chi connectivity index (χ0n) is 10.0. The minimum absolute atomic E-state index is 0.146. The van der Waals surface area contributed by atoms with Gasteiger partial charge in [0.25, 0.3) is 5.91 Å². The van der Waals surface area contributed by atoms with Crippen molar-refractivity contribution >= 4 is 11.9 Å². The average molecular weight is 252 g/mol. The van der Waals surface area contributed by atoms with Crippen LogP contribution < -0.4 is 5.32 Å². The number of pyridine rings is 1. The SMILES string of the molecule is C/C=C(/NC(=O)c1cc(F)cc(CC)n1)C(=O)O. The van der Waals surface area contributed by atoms with E-state index in [0.29, 0.717) is 12.1 Å². The first kappa shape index (κ1) is 13.8. The van der Waals surface area contributed by atoms with Gasteiger partial charge in [-0.2, -0.15) is 0 Å². The van der Waals surface area contributed by atoms with Crippen molar-refractivity contribution in [1.82, 2.24) is 10.3 Å². The number of nitrogens with one attached hydrogen (secondary N) is 1. The maximum atomic E-state index is 13.2. The van der Waals surface area contributed by atoms with E-state index in [-0.39, 0.29) is 11.4 Å². The van der Waals surface area contributed by atoms with Crippen molar-refractivity contribution in [1.29, 1.82) is 0 Å². The van der Waals surface area contributed by atoms with Crippen molar-refractivity contribution in [2.45, 2.75) is 20.3 Å². The third-order valence-electron chi connectivity index (χ3n) is 2.21. The molecule has 1 aromatic heterocycles. The van der Waals surface area contributed by atoms with E-state index in [4.69, 9.17) is 5.11 Å². The Morgan fingerprint density at radius 3 is 2.67 bits per heavy atom. The average Bonchev–Trinajstić information content (AvgIpc) is 2.34. The number of aryl methyl sites for hydroxylation is 1. The molecule has 1 aromatic rings. The summed E-state index contributed by atoms with van der Waals surface area (Å²) >= 11 is 0. The fourth-order valence-corrected chi connectivity index (χ4v) is 1.28. The fourth-order valence-electron chi connectivity index (χ4n) is 1.28. The van der Waals surface area contributed by atoms with Crippen LogP contribution in [0.1, 0.15) is 30.0 Å². The van der Waals surface area contributed by atoms with E-state index in [9.17, 15) is 14.0 Å². The van der Waals surface area contributed by atoms with Crippen LogP contribution in [-0.2, 0) is 11.2 Å². The molecule has 1 amide bonds. The number of carboxylic acids is 1. The number of aromatic nitrogens is 1. The molecule has 0 radical (unpaired) electrons. The number of allylic oxidation sites excluding steroid dienone is 1. The summed E-state index contributed by atoms with van der Waals surface area (Å²) in [5, 5.41) is 10.9. The Bertz CT molecular complexity index is 512. The van der Waals surface area contributed by atoms with Gasteiger partial charge in [0.2, 0.25) is 0 Å². The van der Waals surface area contributed by atoms with E-state index in [1.807, 2.05) is 0 Å². The van der Waals surface area contributed by atoms with Crippen molar-refractivity contribution < 1.29 is 19.1 Å². The summed E-state index contributed by atoms with van der Waals surface area (Å²) in [5.74, 6) is -2.60. The highest BCUT2D eigenvalue weighted by atomic mass is 19.1. The molecule has 0 atom stereocenters. The van der Waals surface area contributed by atoms with Gasteiger partial charge in [-0.25, -0.2) is 14.2 Å². The molecular weight excluding hydrogens is 239 g/mol. The first-order chi connectivity index (χ1) is 8.47. The number of carboxylic acid groups (broad SMARTS) is 1. The van der Waals surface area contributed by atoms with Crippen LogP contribution in [0.5, 0.6) is 0 Å². The second-order valence-corrected chi connectivity index (χ2v) is 3.48. The van der Waals surface area contributed by atoms with E-state index in [1.54, 1.807) is 6.92 Å². The van der Waals surface area contributed by atoms with Gasteiger partial charge in [0.05, 0.1) is 0 Å². The van der Waals surface area contributed by atoms with Crippen LogP contribution in [-0.4, -0.2) is 22.0 Å². The Morgan fingerprint density at radius 1 is 1.50 bits per heavy atom. The molecule has 0 unspecified atom stereocenters. The molecule has 1 rings (SSSR count). The molecule has 0 aliphatic heterocycles. The third kappa shape index (κ3) is 3.38. The van der Waals surface area contributed by atoms with Gasteiger partial charge in [0.15, 0.2) is 0 Å². The highest BCUT2D eigenvalue weighted by molar-refractivity contribution is 5.99. The molecule has 0 aromatic carbocycles. The molecule has 0 fully saturated rings. The molecule has 0 aliphatic rings. The van der Waals surface area contributed by atoms with Gasteiger partial charge in [0.1, 0.15) is 17.2 Å². The van der Waals surface area contributed by atoms with Gasteiger partial charge in [0, 0.05) is 11.8 Å². The van der Waals surface area contributed by atoms with Crippen LogP contribution in [0.2, 0.25) is 0 Å². The third-order valence-corrected chi connectivity index (χ3v) is 2.21. The van der Waals surface area contributed by atoms with Crippen molar-refractivity contribution in [2.24, 2.45) is 0 Å². The molecule has 0 saturated heterocycles. The predicted molar refractivity (Wildman–Crippen MR) is 62.4 cm³/mol. The van der Waals surface area contributed by atoms with Crippen molar-refractivity contribution in [2.75, 3.05) is 0 Å². The van der Waals surface area contributed by atoms with Gasteiger partial charge < -0.3 is 10.4 Å². The number of aliphatic carboxylic acids is 1. The van der Waals surface area contributed by atoms with Crippen molar-refractivity contribution in [3.05, 3.63) is 41.1 Å². The van der Waals surface area contributed by atoms with E-state index < -0.39 is 17.7 Å². The van der Waals surface area contributed by atoms with Gasteiger partial charge in [-0.1, -0.05) is 13.0 Å². The summed E-state index contributed by atoms with van der Waals surface area (Å²) in [7, 11) is 0. The smallest absolute Gasteiger partial charge is 0.352 e. The van der Waals surface area contributed by atoms with Crippen LogP contribution in [0, 0.1) is 5.82 Å². The summed E-state index contributed by atoms with van der Waals surface area (Å²) in [6.07, 6.45) is 1.72. The topological polar surface area (TPSA) is 79.3 Å². The Hall–Kier alpha value is -2.24. The number of rotatable bonds is 4. The lowest BCUT2D eigenvalue weighted by Crippen LogP contribution is -2.28. The Morgan fingerprint density at radius 2 is 2.17 bits per heavy atom. The summed E-state index contributed by atoms with van der Waals surface area (Å²) in [6.45, 7) is 3.25. The first-order valence-corrected chi connectivity index (χ1v) is 5.35. The molecule has 96 valence electrons. The van der Waals surface area contributed by atoms with Gasteiger partial charge >= 0.3 is 5.97 Å². The second kappa shape index (κ2) is 5.90. The minimum atomic E-state index is -1.27. The lowest BCUT2D eigenvalue weighted by atomic mass is 10.2. The summed E-state index contributed by atoms with van der Waals surface area (Å²) in [4.78, 5) is 26.3. The fraction of sp³-hybridized carbons (Fsp3) is 0.250. The summed E-state index contributed by atoms with van der Waals surface area (Å²) in [6, 6.07) is 2.19. The Labute approximate surface area is 103 Å². The summed E-state index contributed by atoms with van der Waals surface area (Å²) < 4.78 is 13.2. The lowest BCUT2D eigenvalue weighted by molar-refractivity contribution is -0.133. The van der Waals surface area contributed by atoms with Crippen molar-refractivity contribution in [3.63, 3.8) is 0 Å². The largest absolute Gasteiger partial charge is 0.477 e. The normalized spacial score (nSPS) is 11.2. The van der Waals surface area contributed by atoms with Crippen molar-refractivity contribution in [3.8, 4) is 0 Å². The molecular formula is C12H13FN2O3.